The van der Waals surface area contributed by atoms with Gasteiger partial charge in [0.2, 0.25) is 0 Å². The largest absolute Gasteiger partial charge is 0.462 e. The Kier molecular flexibility index (Phi) is 55.5. The summed E-state index contributed by atoms with van der Waals surface area (Å²) in [5.74, 6) is -0.958. The Hall–Kier alpha value is -4.45. The minimum Gasteiger partial charge on any atom is -0.462 e. The monoisotopic (exact) mass is 995 g/mol. The first-order valence-corrected chi connectivity index (χ1v) is 29.2. The summed E-state index contributed by atoms with van der Waals surface area (Å²) in [6, 6.07) is 0. The number of carbonyl (C=O) groups excluding carboxylic acids is 3. The van der Waals surface area contributed by atoms with Gasteiger partial charge < -0.3 is 14.2 Å². The molecule has 0 saturated heterocycles. The summed E-state index contributed by atoms with van der Waals surface area (Å²) >= 11 is 0. The number of unbranched alkanes of at least 4 members (excludes halogenated alkanes) is 18. The summed E-state index contributed by atoms with van der Waals surface area (Å²) in [7, 11) is 0. The first kappa shape index (κ1) is 67.5. The summed E-state index contributed by atoms with van der Waals surface area (Å²) in [6.45, 7) is 6.32. The molecule has 0 aliphatic heterocycles. The fraction of sp³-hybridized carbons (Fsp3) is 0.621. The lowest BCUT2D eigenvalue weighted by Crippen LogP contribution is -2.30. The maximum absolute atomic E-state index is 12.8. The van der Waals surface area contributed by atoms with Gasteiger partial charge in [0.1, 0.15) is 13.2 Å². The van der Waals surface area contributed by atoms with Crippen molar-refractivity contribution in [1.29, 1.82) is 0 Å². The van der Waals surface area contributed by atoms with Crippen LogP contribution in [0.15, 0.2) is 134 Å². The average molecular weight is 996 g/mol. The molecular formula is C66H106O6. The highest BCUT2D eigenvalue weighted by atomic mass is 16.6. The maximum atomic E-state index is 12.8. The Bertz CT molecular complexity index is 1560. The van der Waals surface area contributed by atoms with E-state index in [4.69, 9.17) is 14.2 Å². The predicted octanol–water partition coefficient (Wildman–Crippen LogP) is 19.8. The topological polar surface area (TPSA) is 78.9 Å². The lowest BCUT2D eigenvalue weighted by molar-refractivity contribution is -0.167. The van der Waals surface area contributed by atoms with Crippen molar-refractivity contribution in [1.82, 2.24) is 0 Å². The summed E-state index contributed by atoms with van der Waals surface area (Å²) in [4.78, 5) is 38.1. The summed E-state index contributed by atoms with van der Waals surface area (Å²) in [6.07, 6.45) is 83.0. The van der Waals surface area contributed by atoms with Crippen LogP contribution in [0.4, 0.5) is 0 Å². The molecule has 1 atom stereocenters. The van der Waals surface area contributed by atoms with Crippen molar-refractivity contribution in [2.24, 2.45) is 0 Å². The van der Waals surface area contributed by atoms with E-state index in [0.29, 0.717) is 19.3 Å². The summed E-state index contributed by atoms with van der Waals surface area (Å²) < 4.78 is 16.8. The molecule has 0 radical (unpaired) electrons. The second kappa shape index (κ2) is 59.1. The molecule has 0 fully saturated rings. The van der Waals surface area contributed by atoms with Crippen LogP contribution in [0.3, 0.4) is 0 Å². The fourth-order valence-corrected chi connectivity index (χ4v) is 7.53. The second-order valence-electron chi connectivity index (χ2n) is 18.8. The van der Waals surface area contributed by atoms with Gasteiger partial charge in [0, 0.05) is 19.3 Å². The van der Waals surface area contributed by atoms with Gasteiger partial charge in [-0.1, -0.05) is 231 Å². The predicted molar refractivity (Wildman–Crippen MR) is 311 cm³/mol. The van der Waals surface area contributed by atoms with Gasteiger partial charge in [-0.2, -0.15) is 0 Å². The van der Waals surface area contributed by atoms with E-state index >= 15 is 0 Å². The van der Waals surface area contributed by atoms with E-state index in [0.717, 1.165) is 154 Å². The number of hydrogen-bond acceptors (Lipinski definition) is 6. The summed E-state index contributed by atoms with van der Waals surface area (Å²) in [5, 5.41) is 0. The molecule has 0 rings (SSSR count). The van der Waals surface area contributed by atoms with Crippen LogP contribution in [0.2, 0.25) is 0 Å². The zero-order chi connectivity index (χ0) is 52.2. The van der Waals surface area contributed by atoms with Gasteiger partial charge in [-0.15, -0.1) is 0 Å². The normalized spacial score (nSPS) is 13.1. The number of allylic oxidation sites excluding steroid dienone is 22. The highest BCUT2D eigenvalue weighted by Gasteiger charge is 2.19. The van der Waals surface area contributed by atoms with Crippen LogP contribution in [0.1, 0.15) is 245 Å². The second-order valence-corrected chi connectivity index (χ2v) is 18.8. The Morgan fingerprint density at radius 2 is 0.542 bits per heavy atom. The number of esters is 3. The molecule has 0 saturated carbocycles. The van der Waals surface area contributed by atoms with Crippen LogP contribution in [-0.2, 0) is 28.6 Å². The third-order valence-corrected chi connectivity index (χ3v) is 11.9. The van der Waals surface area contributed by atoms with Crippen LogP contribution < -0.4 is 0 Å². The molecule has 0 aromatic carbocycles. The van der Waals surface area contributed by atoms with E-state index in [1.165, 1.54) is 51.4 Å². The van der Waals surface area contributed by atoms with Crippen molar-refractivity contribution in [2.75, 3.05) is 13.2 Å². The molecule has 0 aliphatic rings. The van der Waals surface area contributed by atoms with Crippen LogP contribution in [0.5, 0.6) is 0 Å². The fourth-order valence-electron chi connectivity index (χ4n) is 7.53. The van der Waals surface area contributed by atoms with Crippen LogP contribution in [0.25, 0.3) is 0 Å². The third-order valence-electron chi connectivity index (χ3n) is 11.9. The number of rotatable bonds is 51. The lowest BCUT2D eigenvalue weighted by Gasteiger charge is -2.18. The first-order chi connectivity index (χ1) is 35.5. The Balaban J connectivity index is 4.36. The maximum Gasteiger partial charge on any atom is 0.306 e. The van der Waals surface area contributed by atoms with Crippen LogP contribution in [0, 0.1) is 0 Å². The van der Waals surface area contributed by atoms with Crippen molar-refractivity contribution in [3.05, 3.63) is 134 Å². The SMILES string of the molecule is CC/C=C\C/C=C\C/C=C\C/C=C\C/C=C\C/C=C\CCCCCCCCCCC(=O)OCC(COC(=O)CCCCC/C=C\C/C=C\C/C=C\CC)OC(=O)CCCCCCC/C=C\C/C=C\CCCC. The number of carbonyl (C=O) groups is 3. The minimum absolute atomic E-state index is 0.102. The van der Waals surface area contributed by atoms with Crippen LogP contribution in [-0.4, -0.2) is 37.2 Å². The summed E-state index contributed by atoms with van der Waals surface area (Å²) in [5.41, 5.74) is 0. The molecule has 0 N–H and O–H groups in total. The van der Waals surface area contributed by atoms with Crippen molar-refractivity contribution >= 4 is 17.9 Å². The van der Waals surface area contributed by atoms with E-state index in [1.54, 1.807) is 0 Å². The van der Waals surface area contributed by atoms with Crippen molar-refractivity contribution in [2.45, 2.75) is 252 Å². The molecule has 0 spiro atoms. The van der Waals surface area contributed by atoms with Crippen LogP contribution >= 0.6 is 0 Å². The van der Waals surface area contributed by atoms with E-state index in [1.807, 2.05) is 0 Å². The lowest BCUT2D eigenvalue weighted by atomic mass is 10.1. The van der Waals surface area contributed by atoms with Crippen molar-refractivity contribution < 1.29 is 28.6 Å². The van der Waals surface area contributed by atoms with E-state index in [9.17, 15) is 14.4 Å². The molecule has 72 heavy (non-hydrogen) atoms. The van der Waals surface area contributed by atoms with Gasteiger partial charge in [-0.3, -0.25) is 14.4 Å². The molecular weight excluding hydrogens is 889 g/mol. The molecule has 0 aromatic heterocycles. The van der Waals surface area contributed by atoms with E-state index in [-0.39, 0.29) is 31.1 Å². The third kappa shape index (κ3) is 56.5. The van der Waals surface area contributed by atoms with E-state index < -0.39 is 6.10 Å². The highest BCUT2D eigenvalue weighted by Crippen LogP contribution is 2.14. The number of hydrogen-bond donors (Lipinski definition) is 0. The van der Waals surface area contributed by atoms with Gasteiger partial charge in [-0.25, -0.2) is 0 Å². The molecule has 0 aromatic rings. The molecule has 0 heterocycles. The smallest absolute Gasteiger partial charge is 0.306 e. The molecule has 0 bridgehead atoms. The molecule has 6 heteroatoms. The molecule has 1 unspecified atom stereocenters. The standard InChI is InChI=1S/C66H106O6/c1-4-7-10-13-16-19-22-25-27-28-29-30-31-32-33-34-35-36-37-38-39-42-44-47-50-53-56-59-65(68)71-62-63(61-70-64(67)58-55-52-49-46-43-40-24-21-18-15-12-9-6-3)72-66(69)60-57-54-51-48-45-41-26-23-20-17-14-11-8-5-2/h7,9-10,12,14,16-19,21,23,25-27,29-30,32-33,35-36,40,43,63H,4-6,8,11,13,15,20,22,24,28,31,34,37-39,41-42,44-62H2,1-3H3/b10-7-,12-9-,17-14-,19-16-,21-18-,26-23-,27-25-,30-29-,33-32-,36-35-,43-40-. The Labute approximate surface area is 443 Å². The van der Waals surface area contributed by atoms with Gasteiger partial charge in [0.15, 0.2) is 6.10 Å². The molecule has 0 aliphatic carbocycles. The average Bonchev–Trinajstić information content (AvgIpc) is 3.38. The highest BCUT2D eigenvalue weighted by molar-refractivity contribution is 5.71. The van der Waals surface area contributed by atoms with Gasteiger partial charge in [0.25, 0.3) is 0 Å². The molecule has 406 valence electrons. The van der Waals surface area contributed by atoms with Crippen molar-refractivity contribution in [3.8, 4) is 0 Å². The first-order valence-electron chi connectivity index (χ1n) is 29.2. The Morgan fingerprint density at radius 1 is 0.292 bits per heavy atom. The van der Waals surface area contributed by atoms with Gasteiger partial charge >= 0.3 is 17.9 Å². The zero-order valence-corrected chi connectivity index (χ0v) is 46.4. The zero-order valence-electron chi connectivity index (χ0n) is 46.4. The Morgan fingerprint density at radius 3 is 0.861 bits per heavy atom. The van der Waals surface area contributed by atoms with Crippen molar-refractivity contribution in [3.63, 3.8) is 0 Å². The van der Waals surface area contributed by atoms with E-state index in [2.05, 4.69) is 154 Å². The minimum atomic E-state index is -0.806. The molecule has 0 amide bonds. The quantitative estimate of drug-likeness (QED) is 0.0261. The van der Waals surface area contributed by atoms with Gasteiger partial charge in [-0.05, 0) is 128 Å². The molecule has 6 nitrogen and oxygen atoms in total. The van der Waals surface area contributed by atoms with Gasteiger partial charge in [0.05, 0.1) is 0 Å². The number of ether oxygens (including phenoxy) is 3.